The standard InChI is InChI=1S/C14H15N3O4/c1-2-8-17-13(19)6-5-11(16-17)14(20)21-9-12(18)10-4-3-7-15-10/h3-7,15H,2,8-9H2,1H3. The monoisotopic (exact) mass is 289 g/mol. The van der Waals surface area contributed by atoms with Gasteiger partial charge in [0.05, 0.1) is 5.69 Å². The predicted octanol–water partition coefficient (Wildman–Crippen LogP) is 1.02. The van der Waals surface area contributed by atoms with Crippen LogP contribution >= 0.6 is 0 Å². The molecule has 2 aromatic rings. The number of H-pyrrole nitrogens is 1. The van der Waals surface area contributed by atoms with Crippen LogP contribution in [0.25, 0.3) is 0 Å². The van der Waals surface area contributed by atoms with Crippen LogP contribution in [0.1, 0.15) is 34.3 Å². The maximum absolute atomic E-state index is 11.8. The molecule has 0 saturated heterocycles. The van der Waals surface area contributed by atoms with E-state index in [1.807, 2.05) is 6.92 Å². The average molecular weight is 289 g/mol. The highest BCUT2D eigenvalue weighted by molar-refractivity contribution is 5.97. The van der Waals surface area contributed by atoms with Crippen LogP contribution in [0.2, 0.25) is 0 Å². The number of nitrogens with zero attached hydrogens (tertiary/aromatic N) is 2. The SMILES string of the molecule is CCCn1nc(C(=O)OCC(=O)c2ccc[nH]2)ccc1=O. The third kappa shape index (κ3) is 3.65. The summed E-state index contributed by atoms with van der Waals surface area (Å²) in [4.78, 5) is 37.7. The van der Waals surface area contributed by atoms with Gasteiger partial charge in [0.25, 0.3) is 5.56 Å². The number of rotatable bonds is 6. The fraction of sp³-hybridized carbons (Fsp3) is 0.286. The topological polar surface area (TPSA) is 94.1 Å². The lowest BCUT2D eigenvalue weighted by Gasteiger charge is -2.06. The highest BCUT2D eigenvalue weighted by Crippen LogP contribution is 2.00. The Bertz CT molecular complexity index is 688. The first kappa shape index (κ1) is 14.7. The lowest BCUT2D eigenvalue weighted by atomic mass is 10.3. The normalized spacial score (nSPS) is 10.3. The van der Waals surface area contributed by atoms with E-state index in [1.165, 1.54) is 16.8 Å². The second-order valence-electron chi connectivity index (χ2n) is 4.36. The van der Waals surface area contributed by atoms with E-state index in [0.29, 0.717) is 12.2 Å². The van der Waals surface area contributed by atoms with Gasteiger partial charge in [-0.05, 0) is 24.6 Å². The molecule has 0 aliphatic carbocycles. The van der Waals surface area contributed by atoms with E-state index < -0.39 is 5.97 Å². The van der Waals surface area contributed by atoms with E-state index in [0.717, 1.165) is 6.42 Å². The third-order valence-electron chi connectivity index (χ3n) is 2.74. The van der Waals surface area contributed by atoms with Crippen molar-refractivity contribution in [1.29, 1.82) is 0 Å². The molecule has 0 aromatic carbocycles. The van der Waals surface area contributed by atoms with Gasteiger partial charge in [0.1, 0.15) is 0 Å². The van der Waals surface area contributed by atoms with Crippen molar-refractivity contribution in [3.05, 3.63) is 52.2 Å². The minimum atomic E-state index is -0.736. The molecular weight excluding hydrogens is 274 g/mol. The molecule has 2 aromatic heterocycles. The van der Waals surface area contributed by atoms with Crippen LogP contribution in [-0.4, -0.2) is 33.1 Å². The predicted molar refractivity (Wildman–Crippen MR) is 74.2 cm³/mol. The third-order valence-corrected chi connectivity index (χ3v) is 2.74. The zero-order valence-electron chi connectivity index (χ0n) is 11.5. The van der Waals surface area contributed by atoms with Crippen molar-refractivity contribution in [2.24, 2.45) is 0 Å². The van der Waals surface area contributed by atoms with Crippen LogP contribution < -0.4 is 5.56 Å². The molecule has 0 radical (unpaired) electrons. The maximum atomic E-state index is 11.8. The van der Waals surface area contributed by atoms with Gasteiger partial charge in [-0.25, -0.2) is 9.48 Å². The van der Waals surface area contributed by atoms with Crippen molar-refractivity contribution in [2.45, 2.75) is 19.9 Å². The minimum Gasteiger partial charge on any atom is -0.452 e. The summed E-state index contributed by atoms with van der Waals surface area (Å²) in [6.07, 6.45) is 2.33. The van der Waals surface area contributed by atoms with Gasteiger partial charge in [0, 0.05) is 18.8 Å². The van der Waals surface area contributed by atoms with Crippen LogP contribution in [0.4, 0.5) is 0 Å². The summed E-state index contributed by atoms with van der Waals surface area (Å²) in [5.41, 5.74) is 0.0879. The summed E-state index contributed by atoms with van der Waals surface area (Å²) in [6.45, 7) is 1.93. The smallest absolute Gasteiger partial charge is 0.359 e. The molecule has 0 saturated carbocycles. The van der Waals surface area contributed by atoms with Crippen molar-refractivity contribution in [3.8, 4) is 0 Å². The molecular formula is C14H15N3O4. The zero-order chi connectivity index (χ0) is 15.2. The van der Waals surface area contributed by atoms with Crippen LogP contribution in [0, 0.1) is 0 Å². The van der Waals surface area contributed by atoms with E-state index in [2.05, 4.69) is 10.1 Å². The van der Waals surface area contributed by atoms with Crippen molar-refractivity contribution >= 4 is 11.8 Å². The Kier molecular flexibility index (Phi) is 4.65. The molecule has 7 heteroatoms. The first-order valence-corrected chi connectivity index (χ1v) is 6.53. The number of hydrogen-bond donors (Lipinski definition) is 1. The number of Topliss-reactive ketones (excluding diaryl/α,β-unsaturated/α-hetero) is 1. The molecule has 0 amide bonds. The minimum absolute atomic E-state index is 0.00216. The fourth-order valence-electron chi connectivity index (χ4n) is 1.72. The number of carbonyl (C=O) groups is 2. The van der Waals surface area contributed by atoms with Crippen molar-refractivity contribution < 1.29 is 14.3 Å². The Balaban J connectivity index is 2.02. The van der Waals surface area contributed by atoms with E-state index in [1.54, 1.807) is 18.3 Å². The Morgan fingerprint density at radius 2 is 2.14 bits per heavy atom. The lowest BCUT2D eigenvalue weighted by molar-refractivity contribution is 0.0465. The van der Waals surface area contributed by atoms with Gasteiger partial charge in [-0.15, -0.1) is 0 Å². The number of hydrogen-bond acceptors (Lipinski definition) is 5. The second kappa shape index (κ2) is 6.65. The molecule has 0 atom stereocenters. The van der Waals surface area contributed by atoms with E-state index >= 15 is 0 Å². The number of carbonyl (C=O) groups excluding carboxylic acids is 2. The Morgan fingerprint density at radius 3 is 2.81 bits per heavy atom. The molecule has 2 heterocycles. The fourth-order valence-corrected chi connectivity index (χ4v) is 1.72. The number of aromatic nitrogens is 3. The molecule has 110 valence electrons. The van der Waals surface area contributed by atoms with Crippen LogP contribution in [0.3, 0.4) is 0 Å². The first-order chi connectivity index (χ1) is 10.1. The number of aromatic amines is 1. The molecule has 1 N–H and O–H groups in total. The molecule has 2 rings (SSSR count). The molecule has 0 aliphatic rings. The molecule has 0 aliphatic heterocycles. The number of aryl methyl sites for hydroxylation is 1. The van der Waals surface area contributed by atoms with Gasteiger partial charge in [-0.2, -0.15) is 5.10 Å². The quantitative estimate of drug-likeness (QED) is 0.633. The molecule has 0 fully saturated rings. The highest BCUT2D eigenvalue weighted by Gasteiger charge is 2.14. The summed E-state index contributed by atoms with van der Waals surface area (Å²) in [6, 6.07) is 5.81. The summed E-state index contributed by atoms with van der Waals surface area (Å²) in [5, 5.41) is 3.91. The number of esters is 1. The summed E-state index contributed by atoms with van der Waals surface area (Å²) in [7, 11) is 0. The Hall–Kier alpha value is -2.70. The second-order valence-corrected chi connectivity index (χ2v) is 4.36. The molecule has 0 spiro atoms. The van der Waals surface area contributed by atoms with Crippen LogP contribution in [0.15, 0.2) is 35.3 Å². The maximum Gasteiger partial charge on any atom is 0.359 e. The molecule has 7 nitrogen and oxygen atoms in total. The molecule has 21 heavy (non-hydrogen) atoms. The average Bonchev–Trinajstić information content (AvgIpc) is 3.01. The Labute approximate surface area is 120 Å². The number of ketones is 1. The lowest BCUT2D eigenvalue weighted by Crippen LogP contribution is -2.25. The van der Waals surface area contributed by atoms with E-state index in [4.69, 9.17) is 4.74 Å². The molecule has 0 unspecified atom stereocenters. The van der Waals surface area contributed by atoms with Gasteiger partial charge >= 0.3 is 5.97 Å². The van der Waals surface area contributed by atoms with E-state index in [9.17, 15) is 14.4 Å². The van der Waals surface area contributed by atoms with Crippen LogP contribution in [-0.2, 0) is 11.3 Å². The van der Waals surface area contributed by atoms with Gasteiger partial charge in [0.2, 0.25) is 5.78 Å². The number of ether oxygens (including phenoxy) is 1. The highest BCUT2D eigenvalue weighted by atomic mass is 16.5. The van der Waals surface area contributed by atoms with E-state index in [-0.39, 0.29) is 23.6 Å². The van der Waals surface area contributed by atoms with Gasteiger partial charge < -0.3 is 9.72 Å². The summed E-state index contributed by atoms with van der Waals surface area (Å²) < 4.78 is 6.10. The Morgan fingerprint density at radius 1 is 1.33 bits per heavy atom. The van der Waals surface area contributed by atoms with Gasteiger partial charge in [-0.1, -0.05) is 6.92 Å². The molecule has 0 bridgehead atoms. The summed E-state index contributed by atoms with van der Waals surface area (Å²) >= 11 is 0. The van der Waals surface area contributed by atoms with Crippen molar-refractivity contribution in [2.75, 3.05) is 6.61 Å². The van der Waals surface area contributed by atoms with Crippen molar-refractivity contribution in [3.63, 3.8) is 0 Å². The largest absolute Gasteiger partial charge is 0.452 e. The first-order valence-electron chi connectivity index (χ1n) is 6.53. The zero-order valence-corrected chi connectivity index (χ0v) is 11.5. The number of nitrogens with one attached hydrogen (secondary N) is 1. The van der Waals surface area contributed by atoms with Gasteiger partial charge in [0.15, 0.2) is 12.3 Å². The summed E-state index contributed by atoms with van der Waals surface area (Å²) in [5.74, 6) is -1.07. The van der Waals surface area contributed by atoms with Gasteiger partial charge in [-0.3, -0.25) is 9.59 Å². The van der Waals surface area contributed by atoms with Crippen molar-refractivity contribution in [1.82, 2.24) is 14.8 Å². The van der Waals surface area contributed by atoms with Crippen LogP contribution in [0.5, 0.6) is 0 Å².